The van der Waals surface area contributed by atoms with E-state index in [4.69, 9.17) is 22.1 Å². The van der Waals surface area contributed by atoms with Crippen molar-refractivity contribution in [1.82, 2.24) is 0 Å². The number of aromatic hydroxyl groups is 1. The Labute approximate surface area is 83.2 Å². The smallest absolute Gasteiger partial charge is 0.156 e. The van der Waals surface area contributed by atoms with E-state index in [1.165, 1.54) is 13.2 Å². The van der Waals surface area contributed by atoms with Gasteiger partial charge in [-0.2, -0.15) is 0 Å². The normalized spacial score (nSPS) is 9.92. The molecular formula is C7H7BrClNO2. The van der Waals surface area contributed by atoms with Crippen molar-refractivity contribution in [3.05, 3.63) is 15.6 Å². The molecule has 3 nitrogen and oxygen atoms in total. The maximum absolute atomic E-state index is 9.33. The standard InChI is InChI=1S/C7H7BrClNO2/c1-12-7-3(9)2-4(10)6(11)5(7)8/h2,11H,10H2,1H3. The number of nitrogen functional groups attached to an aromatic ring is 1. The Balaban J connectivity index is 3.40. The number of phenolic OH excluding ortho intramolecular Hbond substituents is 1. The summed E-state index contributed by atoms with van der Waals surface area (Å²) in [6.07, 6.45) is 0. The van der Waals surface area contributed by atoms with Gasteiger partial charge in [0.15, 0.2) is 11.5 Å². The van der Waals surface area contributed by atoms with Gasteiger partial charge >= 0.3 is 0 Å². The van der Waals surface area contributed by atoms with Gasteiger partial charge in [-0.05, 0) is 22.0 Å². The molecule has 0 amide bonds. The number of methoxy groups -OCH3 is 1. The Morgan fingerprint density at radius 2 is 2.25 bits per heavy atom. The molecule has 0 aromatic heterocycles. The number of ether oxygens (including phenoxy) is 1. The van der Waals surface area contributed by atoms with Crippen LogP contribution in [0.5, 0.6) is 11.5 Å². The first-order valence-corrected chi connectivity index (χ1v) is 4.25. The third-order valence-corrected chi connectivity index (χ3v) is 2.40. The van der Waals surface area contributed by atoms with Crippen molar-refractivity contribution in [1.29, 1.82) is 0 Å². The van der Waals surface area contributed by atoms with Gasteiger partial charge in [0.25, 0.3) is 0 Å². The third kappa shape index (κ3) is 1.44. The van der Waals surface area contributed by atoms with Gasteiger partial charge in [-0.15, -0.1) is 0 Å². The van der Waals surface area contributed by atoms with Gasteiger partial charge in [0, 0.05) is 0 Å². The number of rotatable bonds is 1. The molecule has 0 spiro atoms. The average Bonchev–Trinajstić information content (AvgIpc) is 2.01. The Morgan fingerprint density at radius 1 is 1.67 bits per heavy atom. The van der Waals surface area contributed by atoms with Crippen LogP contribution in [0.1, 0.15) is 0 Å². The minimum atomic E-state index is -0.0590. The van der Waals surface area contributed by atoms with Crippen molar-refractivity contribution in [2.75, 3.05) is 12.8 Å². The van der Waals surface area contributed by atoms with Gasteiger partial charge in [-0.25, -0.2) is 0 Å². The van der Waals surface area contributed by atoms with Crippen LogP contribution in [0.3, 0.4) is 0 Å². The fourth-order valence-corrected chi connectivity index (χ4v) is 1.80. The van der Waals surface area contributed by atoms with Crippen LogP contribution in [0.15, 0.2) is 10.5 Å². The zero-order valence-corrected chi connectivity index (χ0v) is 8.61. The van der Waals surface area contributed by atoms with Gasteiger partial charge in [0.05, 0.1) is 17.8 Å². The van der Waals surface area contributed by atoms with Crippen molar-refractivity contribution in [2.24, 2.45) is 0 Å². The quantitative estimate of drug-likeness (QED) is 0.596. The van der Waals surface area contributed by atoms with Gasteiger partial charge in [-0.1, -0.05) is 11.6 Å². The second-order valence-corrected chi connectivity index (χ2v) is 3.34. The first-order valence-electron chi connectivity index (χ1n) is 3.08. The fraction of sp³-hybridized carbons (Fsp3) is 0.143. The number of anilines is 1. The summed E-state index contributed by atoms with van der Waals surface area (Å²) in [6, 6.07) is 1.43. The molecule has 0 radical (unpaired) electrons. The van der Waals surface area contributed by atoms with E-state index in [0.717, 1.165) is 0 Å². The Kier molecular flexibility index (Phi) is 2.69. The highest BCUT2D eigenvalue weighted by atomic mass is 79.9. The molecule has 5 heteroatoms. The van der Waals surface area contributed by atoms with Crippen LogP contribution in [0.2, 0.25) is 5.02 Å². The second kappa shape index (κ2) is 3.41. The van der Waals surface area contributed by atoms with E-state index in [0.29, 0.717) is 15.2 Å². The molecule has 0 atom stereocenters. The lowest BCUT2D eigenvalue weighted by atomic mass is 10.3. The first-order chi connectivity index (χ1) is 5.57. The highest BCUT2D eigenvalue weighted by Crippen LogP contribution is 2.42. The molecule has 0 saturated heterocycles. The summed E-state index contributed by atoms with van der Waals surface area (Å²) in [7, 11) is 1.46. The summed E-state index contributed by atoms with van der Waals surface area (Å²) in [6.45, 7) is 0. The van der Waals surface area contributed by atoms with Gasteiger partial charge < -0.3 is 15.6 Å². The van der Waals surface area contributed by atoms with E-state index in [2.05, 4.69) is 15.9 Å². The lowest BCUT2D eigenvalue weighted by molar-refractivity contribution is 0.404. The van der Waals surface area contributed by atoms with E-state index < -0.39 is 0 Å². The van der Waals surface area contributed by atoms with Crippen molar-refractivity contribution < 1.29 is 9.84 Å². The van der Waals surface area contributed by atoms with Gasteiger partial charge in [-0.3, -0.25) is 0 Å². The molecule has 1 rings (SSSR count). The number of hydrogen-bond donors (Lipinski definition) is 2. The SMILES string of the molecule is COc1c(Cl)cc(N)c(O)c1Br. The molecule has 0 heterocycles. The van der Waals surface area contributed by atoms with Crippen LogP contribution in [0.25, 0.3) is 0 Å². The van der Waals surface area contributed by atoms with Gasteiger partial charge in [0.2, 0.25) is 0 Å². The van der Waals surface area contributed by atoms with Crippen molar-refractivity contribution in [3.8, 4) is 11.5 Å². The highest BCUT2D eigenvalue weighted by Gasteiger charge is 2.13. The number of hydrogen-bond acceptors (Lipinski definition) is 3. The predicted molar refractivity (Wildman–Crippen MR) is 51.8 cm³/mol. The first kappa shape index (κ1) is 9.48. The van der Waals surface area contributed by atoms with Crippen molar-refractivity contribution in [2.45, 2.75) is 0 Å². The van der Waals surface area contributed by atoms with E-state index in [-0.39, 0.29) is 11.4 Å². The number of phenols is 1. The molecule has 3 N–H and O–H groups in total. The Bertz CT molecular complexity index is 317. The molecule has 1 aromatic rings. The fourth-order valence-electron chi connectivity index (χ4n) is 0.797. The van der Waals surface area contributed by atoms with Crippen LogP contribution >= 0.6 is 27.5 Å². The number of halogens is 2. The maximum atomic E-state index is 9.33. The summed E-state index contributed by atoms with van der Waals surface area (Å²) in [5, 5.41) is 9.69. The number of benzene rings is 1. The predicted octanol–water partition coefficient (Wildman–Crippen LogP) is 2.40. The minimum absolute atomic E-state index is 0.0590. The highest BCUT2D eigenvalue weighted by molar-refractivity contribution is 9.10. The van der Waals surface area contributed by atoms with Crippen LogP contribution < -0.4 is 10.5 Å². The topological polar surface area (TPSA) is 55.5 Å². The molecule has 0 aliphatic rings. The lowest BCUT2D eigenvalue weighted by Crippen LogP contribution is -1.91. The number of nitrogens with two attached hydrogens (primary N) is 1. The van der Waals surface area contributed by atoms with Crippen LogP contribution in [-0.2, 0) is 0 Å². The average molecular weight is 252 g/mol. The van der Waals surface area contributed by atoms with E-state index in [9.17, 15) is 5.11 Å². The van der Waals surface area contributed by atoms with E-state index >= 15 is 0 Å². The molecule has 0 unspecified atom stereocenters. The summed E-state index contributed by atoms with van der Waals surface area (Å²) in [4.78, 5) is 0. The van der Waals surface area contributed by atoms with Crippen LogP contribution in [0, 0.1) is 0 Å². The molecule has 0 bridgehead atoms. The van der Waals surface area contributed by atoms with Crippen LogP contribution in [-0.4, -0.2) is 12.2 Å². The minimum Gasteiger partial charge on any atom is -0.505 e. The Hall–Kier alpha value is -0.610. The molecular weight excluding hydrogens is 245 g/mol. The molecule has 0 fully saturated rings. The van der Waals surface area contributed by atoms with E-state index in [1.807, 2.05) is 0 Å². The van der Waals surface area contributed by atoms with Crippen molar-refractivity contribution in [3.63, 3.8) is 0 Å². The van der Waals surface area contributed by atoms with Gasteiger partial charge in [0.1, 0.15) is 4.47 Å². The third-order valence-electron chi connectivity index (χ3n) is 1.38. The lowest BCUT2D eigenvalue weighted by Gasteiger charge is -2.08. The largest absolute Gasteiger partial charge is 0.505 e. The van der Waals surface area contributed by atoms with E-state index in [1.54, 1.807) is 0 Å². The molecule has 12 heavy (non-hydrogen) atoms. The second-order valence-electron chi connectivity index (χ2n) is 2.14. The maximum Gasteiger partial charge on any atom is 0.156 e. The Morgan fingerprint density at radius 3 is 2.75 bits per heavy atom. The summed E-state index contributed by atoms with van der Waals surface area (Å²) in [5.41, 5.74) is 5.64. The monoisotopic (exact) mass is 251 g/mol. The molecule has 0 aliphatic heterocycles. The summed E-state index contributed by atoms with van der Waals surface area (Å²) in [5.74, 6) is 0.319. The zero-order valence-electron chi connectivity index (χ0n) is 6.27. The van der Waals surface area contributed by atoms with Crippen molar-refractivity contribution >= 4 is 33.2 Å². The molecule has 66 valence electrons. The molecule has 0 saturated carbocycles. The molecule has 1 aromatic carbocycles. The molecule has 0 aliphatic carbocycles. The summed E-state index contributed by atoms with van der Waals surface area (Å²) >= 11 is 8.86. The summed E-state index contributed by atoms with van der Waals surface area (Å²) < 4.78 is 5.29. The zero-order chi connectivity index (χ0) is 9.30. The van der Waals surface area contributed by atoms with Crippen LogP contribution in [0.4, 0.5) is 5.69 Å².